The van der Waals surface area contributed by atoms with Gasteiger partial charge in [0.15, 0.2) is 0 Å². The van der Waals surface area contributed by atoms with Crippen LogP contribution in [-0.2, 0) is 4.79 Å². The quantitative estimate of drug-likeness (QED) is 0.444. The Kier molecular flexibility index (Phi) is 5.85. The van der Waals surface area contributed by atoms with Gasteiger partial charge in [-0.25, -0.2) is 4.98 Å². The standard InChI is InChI=1S/C26H25N5O2/c32-24-8-4-14-30(24)15-5-13-27-26(33)21-11-9-20(10-12-21)25-29-17-22-16-28-23(18-31(22)25)19-6-2-1-3-7-19/h1-3,6-7,9-12,16-18H,4-5,8,13-15H2,(H,27,33). The van der Waals surface area contributed by atoms with Crippen LogP contribution in [-0.4, -0.2) is 50.7 Å². The molecule has 0 atom stereocenters. The first kappa shape index (κ1) is 20.9. The number of fused-ring (bicyclic) bond motifs is 1. The van der Waals surface area contributed by atoms with E-state index in [2.05, 4.69) is 15.3 Å². The Hall–Kier alpha value is -4.00. The number of hydrogen-bond acceptors (Lipinski definition) is 4. The average molecular weight is 440 g/mol. The Morgan fingerprint density at radius 2 is 1.76 bits per heavy atom. The van der Waals surface area contributed by atoms with E-state index < -0.39 is 0 Å². The molecule has 1 saturated heterocycles. The molecule has 7 nitrogen and oxygen atoms in total. The molecule has 2 aromatic carbocycles. The summed E-state index contributed by atoms with van der Waals surface area (Å²) in [5.41, 5.74) is 4.34. The first-order chi connectivity index (χ1) is 16.2. The molecule has 0 spiro atoms. The van der Waals surface area contributed by atoms with Crippen LogP contribution in [0.3, 0.4) is 0 Å². The zero-order valence-corrected chi connectivity index (χ0v) is 18.3. The molecule has 1 aliphatic rings. The second-order valence-corrected chi connectivity index (χ2v) is 8.19. The number of imidazole rings is 1. The highest BCUT2D eigenvalue weighted by Crippen LogP contribution is 2.23. The van der Waals surface area contributed by atoms with Gasteiger partial charge in [-0.3, -0.25) is 19.0 Å². The minimum absolute atomic E-state index is 0.113. The van der Waals surface area contributed by atoms with Crippen molar-refractivity contribution in [2.75, 3.05) is 19.6 Å². The summed E-state index contributed by atoms with van der Waals surface area (Å²) in [5.74, 6) is 0.903. The number of aromatic nitrogens is 3. The van der Waals surface area contributed by atoms with E-state index in [0.29, 0.717) is 25.1 Å². The monoisotopic (exact) mass is 439 g/mol. The van der Waals surface area contributed by atoms with E-state index in [1.807, 2.05) is 76.3 Å². The molecule has 166 valence electrons. The molecule has 0 bridgehead atoms. The van der Waals surface area contributed by atoms with Crippen LogP contribution in [0.5, 0.6) is 0 Å². The molecule has 0 aliphatic carbocycles. The van der Waals surface area contributed by atoms with E-state index in [-0.39, 0.29) is 11.8 Å². The minimum atomic E-state index is -0.113. The van der Waals surface area contributed by atoms with Crippen molar-refractivity contribution in [1.29, 1.82) is 0 Å². The highest BCUT2D eigenvalue weighted by atomic mass is 16.2. The first-order valence-corrected chi connectivity index (χ1v) is 11.2. The van der Waals surface area contributed by atoms with Crippen molar-refractivity contribution in [1.82, 2.24) is 24.6 Å². The Morgan fingerprint density at radius 3 is 2.52 bits per heavy atom. The number of likely N-dealkylation sites (tertiary alicyclic amines) is 1. The van der Waals surface area contributed by atoms with E-state index >= 15 is 0 Å². The zero-order valence-electron chi connectivity index (χ0n) is 18.3. The van der Waals surface area contributed by atoms with Gasteiger partial charge in [0.1, 0.15) is 5.82 Å². The maximum atomic E-state index is 12.5. The fourth-order valence-electron chi connectivity index (χ4n) is 4.15. The van der Waals surface area contributed by atoms with Crippen molar-refractivity contribution in [2.45, 2.75) is 19.3 Å². The fraction of sp³-hybridized carbons (Fsp3) is 0.231. The fourth-order valence-corrected chi connectivity index (χ4v) is 4.15. The molecule has 1 aliphatic heterocycles. The van der Waals surface area contributed by atoms with Crippen LogP contribution in [0.4, 0.5) is 0 Å². The maximum absolute atomic E-state index is 12.5. The van der Waals surface area contributed by atoms with E-state index in [1.165, 1.54) is 0 Å². The number of benzene rings is 2. The number of hydrogen-bond donors (Lipinski definition) is 1. The summed E-state index contributed by atoms with van der Waals surface area (Å²) < 4.78 is 2.02. The predicted molar refractivity (Wildman–Crippen MR) is 127 cm³/mol. The Bertz CT molecular complexity index is 1280. The Balaban J connectivity index is 1.26. The predicted octanol–water partition coefficient (Wildman–Crippen LogP) is 3.81. The summed E-state index contributed by atoms with van der Waals surface area (Å²) in [6.45, 7) is 2.08. The van der Waals surface area contributed by atoms with Crippen LogP contribution in [0.15, 0.2) is 73.2 Å². The lowest BCUT2D eigenvalue weighted by atomic mass is 10.1. The summed E-state index contributed by atoms with van der Waals surface area (Å²) in [7, 11) is 0. The second kappa shape index (κ2) is 9.24. The van der Waals surface area contributed by atoms with E-state index in [0.717, 1.165) is 47.5 Å². The number of carbonyl (C=O) groups is 2. The van der Waals surface area contributed by atoms with Crippen molar-refractivity contribution in [2.24, 2.45) is 0 Å². The van der Waals surface area contributed by atoms with Crippen LogP contribution in [0.2, 0.25) is 0 Å². The van der Waals surface area contributed by atoms with Gasteiger partial charge in [0.25, 0.3) is 5.91 Å². The number of amides is 2. The normalized spacial score (nSPS) is 13.6. The smallest absolute Gasteiger partial charge is 0.251 e. The summed E-state index contributed by atoms with van der Waals surface area (Å²) in [6.07, 6.45) is 7.94. The highest BCUT2D eigenvalue weighted by Gasteiger charge is 2.19. The molecule has 33 heavy (non-hydrogen) atoms. The largest absolute Gasteiger partial charge is 0.352 e. The van der Waals surface area contributed by atoms with Crippen LogP contribution in [0.25, 0.3) is 28.2 Å². The lowest BCUT2D eigenvalue weighted by Crippen LogP contribution is -2.30. The number of nitrogens with zero attached hydrogens (tertiary/aromatic N) is 4. The Labute approximate surface area is 192 Å². The van der Waals surface area contributed by atoms with E-state index in [1.54, 1.807) is 6.20 Å². The number of carbonyl (C=O) groups excluding carboxylic acids is 2. The van der Waals surface area contributed by atoms with E-state index in [9.17, 15) is 9.59 Å². The van der Waals surface area contributed by atoms with Crippen molar-refractivity contribution >= 4 is 17.3 Å². The van der Waals surface area contributed by atoms with Gasteiger partial charge in [-0.1, -0.05) is 42.5 Å². The molecule has 7 heteroatoms. The highest BCUT2D eigenvalue weighted by molar-refractivity contribution is 5.94. The van der Waals surface area contributed by atoms with Gasteiger partial charge in [-0.2, -0.15) is 0 Å². The van der Waals surface area contributed by atoms with Gasteiger partial charge in [-0.15, -0.1) is 0 Å². The van der Waals surface area contributed by atoms with E-state index in [4.69, 9.17) is 0 Å². The molecule has 3 heterocycles. The molecular weight excluding hydrogens is 414 g/mol. The third kappa shape index (κ3) is 4.48. The van der Waals surface area contributed by atoms with Crippen molar-refractivity contribution in [3.8, 4) is 22.6 Å². The molecule has 1 N–H and O–H groups in total. The van der Waals surface area contributed by atoms with Gasteiger partial charge in [0.05, 0.1) is 23.6 Å². The third-order valence-corrected chi connectivity index (χ3v) is 5.95. The van der Waals surface area contributed by atoms with Crippen molar-refractivity contribution < 1.29 is 9.59 Å². The topological polar surface area (TPSA) is 79.6 Å². The molecule has 4 aromatic rings. The molecule has 5 rings (SSSR count). The van der Waals surface area contributed by atoms with Crippen LogP contribution in [0, 0.1) is 0 Å². The molecule has 0 radical (unpaired) electrons. The van der Waals surface area contributed by atoms with Crippen molar-refractivity contribution in [3.63, 3.8) is 0 Å². The molecule has 1 fully saturated rings. The summed E-state index contributed by atoms with van der Waals surface area (Å²) in [6, 6.07) is 17.5. The SMILES string of the molecule is O=C(NCCCN1CCCC1=O)c1ccc(-c2ncc3cnc(-c4ccccc4)cn23)cc1. The third-order valence-electron chi connectivity index (χ3n) is 5.95. The van der Waals surface area contributed by atoms with Gasteiger partial charge in [-0.05, 0) is 25.0 Å². The summed E-state index contributed by atoms with van der Waals surface area (Å²) in [4.78, 5) is 35.1. The maximum Gasteiger partial charge on any atom is 0.251 e. The zero-order chi connectivity index (χ0) is 22.6. The van der Waals surface area contributed by atoms with Gasteiger partial charge < -0.3 is 10.2 Å². The van der Waals surface area contributed by atoms with Crippen LogP contribution in [0.1, 0.15) is 29.6 Å². The molecular formula is C26H25N5O2. The van der Waals surface area contributed by atoms with Crippen LogP contribution < -0.4 is 5.32 Å². The first-order valence-electron chi connectivity index (χ1n) is 11.2. The molecule has 2 amide bonds. The van der Waals surface area contributed by atoms with Gasteiger partial charge in [0, 0.05) is 48.9 Å². The molecule has 0 unspecified atom stereocenters. The lowest BCUT2D eigenvalue weighted by molar-refractivity contribution is -0.127. The average Bonchev–Trinajstić information content (AvgIpc) is 3.47. The van der Waals surface area contributed by atoms with Gasteiger partial charge in [0.2, 0.25) is 5.91 Å². The second-order valence-electron chi connectivity index (χ2n) is 8.19. The summed E-state index contributed by atoms with van der Waals surface area (Å²) >= 11 is 0. The summed E-state index contributed by atoms with van der Waals surface area (Å²) in [5, 5.41) is 2.94. The Morgan fingerprint density at radius 1 is 0.970 bits per heavy atom. The lowest BCUT2D eigenvalue weighted by Gasteiger charge is -2.15. The van der Waals surface area contributed by atoms with Crippen molar-refractivity contribution in [3.05, 3.63) is 78.8 Å². The molecule has 2 aromatic heterocycles. The minimum Gasteiger partial charge on any atom is -0.352 e. The molecule has 0 saturated carbocycles. The number of rotatable bonds is 7. The number of nitrogens with one attached hydrogen (secondary N) is 1. The van der Waals surface area contributed by atoms with Gasteiger partial charge >= 0.3 is 0 Å². The van der Waals surface area contributed by atoms with Crippen LogP contribution >= 0.6 is 0 Å².